The van der Waals surface area contributed by atoms with Gasteiger partial charge in [0, 0.05) is 11.7 Å². The van der Waals surface area contributed by atoms with Crippen molar-refractivity contribution in [3.05, 3.63) is 28.8 Å². The quantitative estimate of drug-likeness (QED) is 0.643. The van der Waals surface area contributed by atoms with Gasteiger partial charge in [-0.1, -0.05) is 11.6 Å². The van der Waals surface area contributed by atoms with Crippen molar-refractivity contribution in [1.29, 1.82) is 0 Å². The maximum Gasteiger partial charge on any atom is 0.417 e. The molecule has 7 heteroatoms. The summed E-state index contributed by atoms with van der Waals surface area (Å²) >= 11 is 5.49. The summed E-state index contributed by atoms with van der Waals surface area (Å²) in [6, 6.07) is 3.41. The summed E-state index contributed by atoms with van der Waals surface area (Å²) < 4.78 is 37.8. The number of hydrogen-bond donors (Lipinski definition) is 2. The minimum Gasteiger partial charge on any atom is -0.370 e. The van der Waals surface area contributed by atoms with E-state index in [0.717, 1.165) is 12.1 Å². The van der Waals surface area contributed by atoms with Crippen molar-refractivity contribution in [3.63, 3.8) is 0 Å². The number of nitrogens with two attached hydrogens (primary N) is 1. The standard InChI is InChI=1S/C11H13ClF3N3/c1-6(2)17-10(16)18-7-3-4-9(12)8(5-7)11(13,14)15/h3-6H,1-2H3,(H3,16,17,18). The molecule has 18 heavy (non-hydrogen) atoms. The molecule has 1 aromatic rings. The third-order valence-electron chi connectivity index (χ3n) is 1.94. The fourth-order valence-electron chi connectivity index (χ4n) is 1.28. The van der Waals surface area contributed by atoms with Crippen molar-refractivity contribution in [2.45, 2.75) is 26.1 Å². The van der Waals surface area contributed by atoms with Crippen LogP contribution in [0.25, 0.3) is 0 Å². The molecule has 0 aliphatic rings. The van der Waals surface area contributed by atoms with Gasteiger partial charge in [0.15, 0.2) is 5.96 Å². The Bertz CT molecular complexity index is 455. The number of halogens is 4. The third kappa shape index (κ3) is 4.10. The van der Waals surface area contributed by atoms with E-state index in [1.54, 1.807) is 13.8 Å². The van der Waals surface area contributed by atoms with Gasteiger partial charge in [0.25, 0.3) is 0 Å². The molecule has 0 atom stereocenters. The number of hydrogen-bond acceptors (Lipinski definition) is 1. The van der Waals surface area contributed by atoms with Gasteiger partial charge in [-0.25, -0.2) is 0 Å². The van der Waals surface area contributed by atoms with Crippen LogP contribution in [0.15, 0.2) is 23.2 Å². The van der Waals surface area contributed by atoms with E-state index in [9.17, 15) is 13.2 Å². The summed E-state index contributed by atoms with van der Waals surface area (Å²) in [6.45, 7) is 3.61. The highest BCUT2D eigenvalue weighted by Crippen LogP contribution is 2.36. The molecular formula is C11H13ClF3N3. The maximum atomic E-state index is 12.6. The molecule has 0 aliphatic carbocycles. The van der Waals surface area contributed by atoms with Crippen LogP contribution in [0.3, 0.4) is 0 Å². The molecule has 0 aromatic heterocycles. The van der Waals surface area contributed by atoms with Gasteiger partial charge in [-0.2, -0.15) is 13.2 Å². The lowest BCUT2D eigenvalue weighted by Crippen LogP contribution is -2.24. The fraction of sp³-hybridized carbons (Fsp3) is 0.364. The second-order valence-electron chi connectivity index (χ2n) is 3.93. The highest BCUT2D eigenvalue weighted by atomic mass is 35.5. The Morgan fingerprint density at radius 3 is 2.50 bits per heavy atom. The van der Waals surface area contributed by atoms with E-state index in [4.69, 9.17) is 17.3 Å². The smallest absolute Gasteiger partial charge is 0.370 e. The predicted octanol–water partition coefficient (Wildman–Crippen LogP) is 3.49. The molecule has 100 valence electrons. The molecule has 0 heterocycles. The van der Waals surface area contributed by atoms with Crippen molar-refractivity contribution < 1.29 is 13.2 Å². The number of rotatable bonds is 2. The van der Waals surface area contributed by atoms with Crippen LogP contribution in [-0.4, -0.2) is 12.0 Å². The fourth-order valence-corrected chi connectivity index (χ4v) is 1.50. The second kappa shape index (κ2) is 5.48. The Kier molecular flexibility index (Phi) is 4.45. The Morgan fingerprint density at radius 2 is 2.00 bits per heavy atom. The van der Waals surface area contributed by atoms with Crippen molar-refractivity contribution in [1.82, 2.24) is 0 Å². The molecule has 0 unspecified atom stereocenters. The van der Waals surface area contributed by atoms with E-state index in [1.807, 2.05) is 0 Å². The first-order valence-corrected chi connectivity index (χ1v) is 5.55. The van der Waals surface area contributed by atoms with Gasteiger partial charge in [-0.15, -0.1) is 0 Å². The molecule has 1 aromatic carbocycles. The first-order chi connectivity index (χ1) is 8.20. The zero-order valence-electron chi connectivity index (χ0n) is 9.85. The lowest BCUT2D eigenvalue weighted by Gasteiger charge is -2.12. The molecule has 3 nitrogen and oxygen atoms in total. The number of guanidine groups is 1. The maximum absolute atomic E-state index is 12.6. The minimum absolute atomic E-state index is 0.0492. The predicted molar refractivity (Wildman–Crippen MR) is 66.8 cm³/mol. The van der Waals surface area contributed by atoms with Crippen LogP contribution in [-0.2, 0) is 6.18 Å². The van der Waals surface area contributed by atoms with Crippen molar-refractivity contribution in [2.75, 3.05) is 5.32 Å². The van der Waals surface area contributed by atoms with Crippen molar-refractivity contribution in [3.8, 4) is 0 Å². The second-order valence-corrected chi connectivity index (χ2v) is 4.33. The molecule has 1 rings (SSSR count). The first-order valence-electron chi connectivity index (χ1n) is 5.17. The number of benzene rings is 1. The van der Waals surface area contributed by atoms with Crippen LogP contribution in [0.4, 0.5) is 18.9 Å². The van der Waals surface area contributed by atoms with E-state index in [2.05, 4.69) is 10.3 Å². The Balaban J connectivity index is 3.00. The van der Waals surface area contributed by atoms with Crippen LogP contribution in [0, 0.1) is 0 Å². The summed E-state index contributed by atoms with van der Waals surface area (Å²) in [6.07, 6.45) is -4.50. The summed E-state index contributed by atoms with van der Waals surface area (Å²) in [5, 5.41) is 2.23. The lowest BCUT2D eigenvalue weighted by molar-refractivity contribution is -0.137. The number of alkyl halides is 3. The van der Waals surface area contributed by atoms with Crippen LogP contribution >= 0.6 is 11.6 Å². The average Bonchev–Trinajstić information content (AvgIpc) is 2.17. The van der Waals surface area contributed by atoms with Gasteiger partial charge in [0.1, 0.15) is 0 Å². The van der Waals surface area contributed by atoms with Crippen molar-refractivity contribution in [2.24, 2.45) is 10.7 Å². The van der Waals surface area contributed by atoms with E-state index >= 15 is 0 Å². The zero-order chi connectivity index (χ0) is 13.9. The van der Waals surface area contributed by atoms with Crippen molar-refractivity contribution >= 4 is 23.2 Å². The van der Waals surface area contributed by atoms with Crippen LogP contribution < -0.4 is 11.1 Å². The molecule has 0 fully saturated rings. The number of nitrogens with one attached hydrogen (secondary N) is 1. The van der Waals surface area contributed by atoms with Gasteiger partial charge < -0.3 is 11.1 Å². The number of anilines is 1. The number of nitrogens with zero attached hydrogens (tertiary/aromatic N) is 1. The minimum atomic E-state index is -4.50. The normalized spacial score (nSPS) is 12.9. The average molecular weight is 280 g/mol. The third-order valence-corrected chi connectivity index (χ3v) is 2.27. The molecule has 0 radical (unpaired) electrons. The zero-order valence-corrected chi connectivity index (χ0v) is 10.6. The molecule has 0 amide bonds. The SMILES string of the molecule is CC(C)N=C(N)Nc1ccc(Cl)c(C(F)(F)F)c1. The molecular weight excluding hydrogens is 267 g/mol. The van der Waals surface area contributed by atoms with E-state index < -0.39 is 11.7 Å². The number of aliphatic imine (C=N–C) groups is 1. The van der Waals surface area contributed by atoms with Gasteiger partial charge in [0.2, 0.25) is 0 Å². The monoisotopic (exact) mass is 279 g/mol. The highest BCUT2D eigenvalue weighted by molar-refractivity contribution is 6.31. The molecule has 0 spiro atoms. The van der Waals surface area contributed by atoms with Gasteiger partial charge >= 0.3 is 6.18 Å². The lowest BCUT2D eigenvalue weighted by atomic mass is 10.2. The largest absolute Gasteiger partial charge is 0.417 e. The van der Waals surface area contributed by atoms with Crippen LogP contribution in [0.1, 0.15) is 19.4 Å². The molecule has 0 saturated heterocycles. The molecule has 0 saturated carbocycles. The van der Waals surface area contributed by atoms with Gasteiger partial charge in [-0.3, -0.25) is 4.99 Å². The summed E-state index contributed by atoms with van der Waals surface area (Å²) in [5.74, 6) is 0.0560. The van der Waals surface area contributed by atoms with E-state index in [0.29, 0.717) is 0 Å². The molecule has 0 aliphatic heterocycles. The van der Waals surface area contributed by atoms with Crippen LogP contribution in [0.5, 0.6) is 0 Å². The summed E-state index contributed by atoms with van der Waals surface area (Å²) in [4.78, 5) is 3.96. The Labute approximate surface area is 108 Å². The first kappa shape index (κ1) is 14.6. The summed E-state index contributed by atoms with van der Waals surface area (Å²) in [5.41, 5.74) is 4.81. The Morgan fingerprint density at radius 1 is 1.39 bits per heavy atom. The Hall–Kier alpha value is -1.43. The molecule has 3 N–H and O–H groups in total. The van der Waals surface area contributed by atoms with Crippen LogP contribution in [0.2, 0.25) is 5.02 Å². The van der Waals surface area contributed by atoms with Gasteiger partial charge in [0.05, 0.1) is 10.6 Å². The van der Waals surface area contributed by atoms with E-state index in [1.165, 1.54) is 6.07 Å². The molecule has 0 bridgehead atoms. The van der Waals surface area contributed by atoms with E-state index in [-0.39, 0.29) is 22.7 Å². The highest BCUT2D eigenvalue weighted by Gasteiger charge is 2.33. The topological polar surface area (TPSA) is 50.4 Å². The summed E-state index contributed by atoms with van der Waals surface area (Å²) in [7, 11) is 0. The van der Waals surface area contributed by atoms with Gasteiger partial charge in [-0.05, 0) is 32.0 Å².